The second kappa shape index (κ2) is 7.98. The van der Waals surface area contributed by atoms with Crippen molar-refractivity contribution in [1.82, 2.24) is 4.98 Å². The monoisotopic (exact) mass is 294 g/mol. The zero-order valence-electron chi connectivity index (χ0n) is 13.1. The van der Waals surface area contributed by atoms with Crippen molar-refractivity contribution in [3.05, 3.63) is 66.0 Å². The average molecular weight is 294 g/mol. The molecule has 4 nitrogen and oxygen atoms in total. The molecule has 0 aliphatic rings. The van der Waals surface area contributed by atoms with Gasteiger partial charge >= 0.3 is 0 Å². The molecule has 0 fully saturated rings. The Labute approximate surface area is 131 Å². The molecule has 22 heavy (non-hydrogen) atoms. The Kier molecular flexibility index (Phi) is 5.72. The van der Waals surface area contributed by atoms with Gasteiger partial charge in [0.1, 0.15) is 6.67 Å². The summed E-state index contributed by atoms with van der Waals surface area (Å²) in [7, 11) is 0. The molecule has 0 amide bonds. The first-order valence-corrected chi connectivity index (χ1v) is 7.42. The van der Waals surface area contributed by atoms with Crippen LogP contribution in [0.15, 0.2) is 59.9 Å². The van der Waals surface area contributed by atoms with Gasteiger partial charge in [0, 0.05) is 29.3 Å². The summed E-state index contributed by atoms with van der Waals surface area (Å²) in [5, 5.41) is 3.31. The van der Waals surface area contributed by atoms with E-state index in [0.29, 0.717) is 6.67 Å². The van der Waals surface area contributed by atoms with Crippen molar-refractivity contribution in [1.29, 1.82) is 0 Å². The summed E-state index contributed by atoms with van der Waals surface area (Å²) in [5.41, 5.74) is 10.7. The van der Waals surface area contributed by atoms with Crippen molar-refractivity contribution in [2.45, 2.75) is 20.3 Å². The van der Waals surface area contributed by atoms with Gasteiger partial charge in [0.25, 0.3) is 0 Å². The first-order valence-electron chi connectivity index (χ1n) is 7.42. The van der Waals surface area contributed by atoms with Crippen LogP contribution in [0.25, 0.3) is 0 Å². The number of nitrogen functional groups attached to an aromatic ring is 1. The Bertz CT molecular complexity index is 660. The van der Waals surface area contributed by atoms with Crippen LogP contribution in [0.4, 0.5) is 11.4 Å². The molecule has 2 aromatic rings. The van der Waals surface area contributed by atoms with E-state index in [0.717, 1.165) is 34.6 Å². The molecule has 0 saturated carbocycles. The maximum Gasteiger partial charge on any atom is 0.108 e. The molecule has 0 radical (unpaired) electrons. The summed E-state index contributed by atoms with van der Waals surface area (Å²) >= 11 is 0. The minimum absolute atomic E-state index is 0.489. The molecule has 0 unspecified atom stereocenters. The number of aliphatic imine (C=N–C) groups is 1. The fourth-order valence-electron chi connectivity index (χ4n) is 2.02. The van der Waals surface area contributed by atoms with Crippen molar-refractivity contribution < 1.29 is 0 Å². The van der Waals surface area contributed by atoms with Crippen LogP contribution in [0.1, 0.15) is 24.5 Å². The van der Waals surface area contributed by atoms with Crippen molar-refractivity contribution in [3.63, 3.8) is 0 Å². The number of rotatable bonds is 6. The fraction of sp³-hybridized carbons (Fsp3) is 0.222. The highest BCUT2D eigenvalue weighted by molar-refractivity contribution is 6.08. The maximum absolute atomic E-state index is 5.82. The quantitative estimate of drug-likeness (QED) is 0.629. The minimum atomic E-state index is 0.489. The predicted molar refractivity (Wildman–Crippen MR) is 94.3 cm³/mol. The van der Waals surface area contributed by atoms with Crippen LogP contribution in [-0.2, 0) is 0 Å². The van der Waals surface area contributed by atoms with E-state index in [2.05, 4.69) is 28.3 Å². The highest BCUT2D eigenvalue weighted by Gasteiger charge is 2.00. The summed E-state index contributed by atoms with van der Waals surface area (Å²) in [6, 6.07) is 9.75. The molecule has 1 aromatic carbocycles. The molecule has 1 heterocycles. The van der Waals surface area contributed by atoms with Gasteiger partial charge in [0.2, 0.25) is 0 Å². The minimum Gasteiger partial charge on any atom is -0.399 e. The Morgan fingerprint density at radius 3 is 2.95 bits per heavy atom. The van der Waals surface area contributed by atoms with Gasteiger partial charge in [0.15, 0.2) is 0 Å². The Hall–Kier alpha value is -2.62. The Morgan fingerprint density at radius 2 is 2.23 bits per heavy atom. The molecule has 0 spiro atoms. The molecular formula is C18H22N4. The predicted octanol–water partition coefficient (Wildman–Crippen LogP) is 3.80. The lowest BCUT2D eigenvalue weighted by Gasteiger charge is -2.09. The normalized spacial score (nSPS) is 11.8. The summed E-state index contributed by atoms with van der Waals surface area (Å²) in [6.07, 6.45) is 8.69. The van der Waals surface area contributed by atoms with E-state index in [4.69, 9.17) is 5.73 Å². The molecule has 0 saturated heterocycles. The summed E-state index contributed by atoms with van der Waals surface area (Å²) in [4.78, 5) is 8.79. The highest BCUT2D eigenvalue weighted by atomic mass is 15.0. The van der Waals surface area contributed by atoms with Gasteiger partial charge in [-0.05, 0) is 49.2 Å². The van der Waals surface area contributed by atoms with Gasteiger partial charge in [-0.25, -0.2) is 0 Å². The molecule has 0 aliphatic heterocycles. The Morgan fingerprint density at radius 1 is 1.36 bits per heavy atom. The van der Waals surface area contributed by atoms with Gasteiger partial charge in [-0.15, -0.1) is 0 Å². The fourth-order valence-corrected chi connectivity index (χ4v) is 2.02. The maximum atomic E-state index is 5.82. The summed E-state index contributed by atoms with van der Waals surface area (Å²) < 4.78 is 0. The smallest absolute Gasteiger partial charge is 0.108 e. The molecule has 2 rings (SSSR count). The van der Waals surface area contributed by atoms with E-state index in [1.807, 2.05) is 49.5 Å². The van der Waals surface area contributed by atoms with Crippen LogP contribution in [0, 0.1) is 6.92 Å². The van der Waals surface area contributed by atoms with E-state index in [9.17, 15) is 0 Å². The number of anilines is 2. The van der Waals surface area contributed by atoms with Crippen LogP contribution < -0.4 is 11.1 Å². The summed E-state index contributed by atoms with van der Waals surface area (Å²) in [5.74, 6) is 0. The SMILES string of the molecule is CC/C=C\C(=NCNc1cc(N)ccc1C)c1cccnc1. The number of nitrogens with two attached hydrogens (primary N) is 1. The standard InChI is InChI=1S/C18H22N4/c1-3-4-7-17(15-6-5-10-20-12-15)21-13-22-18-11-16(19)9-8-14(18)2/h4-12,22H,3,13,19H2,1-2H3/b7-4-,21-17?. The van der Waals surface area contributed by atoms with Crippen LogP contribution in [0.3, 0.4) is 0 Å². The Balaban J connectivity index is 2.13. The first kappa shape index (κ1) is 15.8. The topological polar surface area (TPSA) is 63.3 Å². The van der Waals surface area contributed by atoms with E-state index in [1.54, 1.807) is 6.20 Å². The van der Waals surface area contributed by atoms with Gasteiger partial charge in [-0.3, -0.25) is 9.98 Å². The van der Waals surface area contributed by atoms with Gasteiger partial charge in [0.05, 0.1) is 5.71 Å². The van der Waals surface area contributed by atoms with Crippen molar-refractivity contribution in [3.8, 4) is 0 Å². The molecule has 114 valence electrons. The molecule has 0 bridgehead atoms. The number of aromatic nitrogens is 1. The van der Waals surface area contributed by atoms with Gasteiger partial charge in [-0.2, -0.15) is 0 Å². The number of allylic oxidation sites excluding steroid dienone is 2. The first-order chi connectivity index (χ1) is 10.7. The molecule has 0 atom stereocenters. The second-order valence-electron chi connectivity index (χ2n) is 5.00. The van der Waals surface area contributed by atoms with Crippen molar-refractivity contribution in [2.24, 2.45) is 4.99 Å². The zero-order chi connectivity index (χ0) is 15.8. The van der Waals surface area contributed by atoms with Crippen LogP contribution >= 0.6 is 0 Å². The third-order valence-corrected chi connectivity index (χ3v) is 3.25. The largest absolute Gasteiger partial charge is 0.399 e. The molecule has 0 aliphatic carbocycles. The molecule has 1 aromatic heterocycles. The van der Waals surface area contributed by atoms with Crippen LogP contribution in [0.2, 0.25) is 0 Å². The molecule has 3 N–H and O–H groups in total. The third kappa shape index (κ3) is 4.45. The molecule has 4 heteroatoms. The highest BCUT2D eigenvalue weighted by Crippen LogP contribution is 2.17. The van der Waals surface area contributed by atoms with E-state index < -0.39 is 0 Å². The number of benzene rings is 1. The van der Waals surface area contributed by atoms with E-state index in [-0.39, 0.29) is 0 Å². The van der Waals surface area contributed by atoms with E-state index >= 15 is 0 Å². The second-order valence-corrected chi connectivity index (χ2v) is 5.00. The number of pyridine rings is 1. The van der Waals surface area contributed by atoms with E-state index in [1.165, 1.54) is 0 Å². The van der Waals surface area contributed by atoms with Gasteiger partial charge < -0.3 is 11.1 Å². The number of nitrogens with zero attached hydrogens (tertiary/aromatic N) is 2. The van der Waals surface area contributed by atoms with Gasteiger partial charge in [-0.1, -0.05) is 19.1 Å². The third-order valence-electron chi connectivity index (χ3n) is 3.25. The number of hydrogen-bond donors (Lipinski definition) is 2. The number of aryl methyl sites for hydroxylation is 1. The lowest BCUT2D eigenvalue weighted by molar-refractivity contribution is 1.13. The van der Waals surface area contributed by atoms with Crippen LogP contribution in [-0.4, -0.2) is 17.4 Å². The lowest BCUT2D eigenvalue weighted by Crippen LogP contribution is -2.06. The van der Waals surface area contributed by atoms with Crippen molar-refractivity contribution in [2.75, 3.05) is 17.7 Å². The number of hydrogen-bond acceptors (Lipinski definition) is 4. The zero-order valence-corrected chi connectivity index (χ0v) is 13.1. The molecular weight excluding hydrogens is 272 g/mol. The lowest BCUT2D eigenvalue weighted by atomic mass is 10.1. The average Bonchev–Trinajstić information content (AvgIpc) is 2.54. The van der Waals surface area contributed by atoms with Crippen LogP contribution in [0.5, 0.6) is 0 Å². The summed E-state index contributed by atoms with van der Waals surface area (Å²) in [6.45, 7) is 4.64. The number of nitrogens with one attached hydrogen (secondary N) is 1. The van der Waals surface area contributed by atoms with Crippen molar-refractivity contribution >= 4 is 17.1 Å².